The lowest BCUT2D eigenvalue weighted by Crippen LogP contribution is -2.42. The Morgan fingerprint density at radius 2 is 2.00 bits per heavy atom. The van der Waals surface area contributed by atoms with Crippen LogP contribution in [0.3, 0.4) is 0 Å². The van der Waals surface area contributed by atoms with Gasteiger partial charge in [0.2, 0.25) is 5.91 Å². The van der Waals surface area contributed by atoms with E-state index in [1.807, 2.05) is 6.92 Å². The van der Waals surface area contributed by atoms with Crippen molar-refractivity contribution in [2.75, 3.05) is 6.54 Å². The van der Waals surface area contributed by atoms with Crippen molar-refractivity contribution >= 4 is 5.91 Å². The molecule has 0 unspecified atom stereocenters. The molecule has 1 aliphatic rings. The molecule has 0 aromatic carbocycles. The van der Waals surface area contributed by atoms with E-state index in [-0.39, 0.29) is 11.9 Å². The van der Waals surface area contributed by atoms with Gasteiger partial charge in [0, 0.05) is 6.54 Å². The zero-order valence-electron chi connectivity index (χ0n) is 9.96. The van der Waals surface area contributed by atoms with Crippen molar-refractivity contribution < 1.29 is 4.79 Å². The van der Waals surface area contributed by atoms with Gasteiger partial charge in [0.25, 0.3) is 0 Å². The Morgan fingerprint density at radius 1 is 1.40 bits per heavy atom. The van der Waals surface area contributed by atoms with E-state index in [0.29, 0.717) is 12.3 Å². The minimum absolute atomic E-state index is 0.0103. The summed E-state index contributed by atoms with van der Waals surface area (Å²) in [5, 5.41) is 2.95. The first-order valence-electron chi connectivity index (χ1n) is 6.16. The maximum absolute atomic E-state index is 11.4. The SMILES string of the molecule is CC[C@@H](N)C(=O)NCC1CCC(C)CC1. The fourth-order valence-corrected chi connectivity index (χ4v) is 2.09. The number of carbonyl (C=O) groups excluding carboxylic acids is 1. The molecule has 0 radical (unpaired) electrons. The van der Waals surface area contributed by atoms with E-state index in [1.165, 1.54) is 25.7 Å². The molecule has 1 atom stereocenters. The topological polar surface area (TPSA) is 55.1 Å². The quantitative estimate of drug-likeness (QED) is 0.744. The van der Waals surface area contributed by atoms with Gasteiger partial charge in [-0.3, -0.25) is 4.79 Å². The molecule has 15 heavy (non-hydrogen) atoms. The van der Waals surface area contributed by atoms with Crippen molar-refractivity contribution in [2.45, 2.75) is 52.0 Å². The zero-order valence-corrected chi connectivity index (χ0v) is 9.96. The summed E-state index contributed by atoms with van der Waals surface area (Å²) in [6.45, 7) is 5.06. The average Bonchev–Trinajstić information content (AvgIpc) is 2.26. The third-order valence-corrected chi connectivity index (χ3v) is 3.48. The highest BCUT2D eigenvalue weighted by molar-refractivity contribution is 5.81. The molecule has 0 aliphatic heterocycles. The fourth-order valence-electron chi connectivity index (χ4n) is 2.09. The lowest BCUT2D eigenvalue weighted by Gasteiger charge is -2.26. The van der Waals surface area contributed by atoms with Crippen molar-refractivity contribution in [1.82, 2.24) is 5.32 Å². The molecule has 1 aliphatic carbocycles. The Labute approximate surface area is 92.8 Å². The normalized spacial score (nSPS) is 28.5. The maximum Gasteiger partial charge on any atom is 0.236 e. The van der Waals surface area contributed by atoms with Crippen molar-refractivity contribution in [3.05, 3.63) is 0 Å². The first-order valence-corrected chi connectivity index (χ1v) is 6.16. The van der Waals surface area contributed by atoms with Crippen LogP contribution >= 0.6 is 0 Å². The largest absolute Gasteiger partial charge is 0.354 e. The van der Waals surface area contributed by atoms with Gasteiger partial charge in [-0.2, -0.15) is 0 Å². The van der Waals surface area contributed by atoms with E-state index in [2.05, 4.69) is 12.2 Å². The van der Waals surface area contributed by atoms with Crippen LogP contribution in [0.4, 0.5) is 0 Å². The van der Waals surface area contributed by atoms with E-state index in [9.17, 15) is 4.79 Å². The van der Waals surface area contributed by atoms with Crippen molar-refractivity contribution in [1.29, 1.82) is 0 Å². The molecule has 0 aromatic rings. The van der Waals surface area contributed by atoms with Crippen LogP contribution in [-0.2, 0) is 4.79 Å². The molecule has 1 saturated carbocycles. The lowest BCUT2D eigenvalue weighted by molar-refractivity contribution is -0.122. The summed E-state index contributed by atoms with van der Waals surface area (Å²) >= 11 is 0. The molecule has 3 N–H and O–H groups in total. The summed E-state index contributed by atoms with van der Waals surface area (Å²) < 4.78 is 0. The molecule has 1 amide bonds. The Morgan fingerprint density at radius 3 is 2.53 bits per heavy atom. The van der Waals surface area contributed by atoms with Crippen LogP contribution in [0, 0.1) is 11.8 Å². The Hall–Kier alpha value is -0.570. The molecule has 88 valence electrons. The summed E-state index contributed by atoms with van der Waals surface area (Å²) in [5.74, 6) is 1.56. The molecular formula is C12H24N2O. The number of hydrogen-bond donors (Lipinski definition) is 2. The van der Waals surface area contributed by atoms with Gasteiger partial charge in [-0.1, -0.05) is 26.7 Å². The highest BCUT2D eigenvalue weighted by Gasteiger charge is 2.19. The van der Waals surface area contributed by atoms with Crippen molar-refractivity contribution in [3.63, 3.8) is 0 Å². The number of nitrogens with two attached hydrogens (primary N) is 1. The van der Waals surface area contributed by atoms with Crippen molar-refractivity contribution in [3.8, 4) is 0 Å². The highest BCUT2D eigenvalue weighted by Crippen LogP contribution is 2.27. The molecule has 0 heterocycles. The molecule has 1 rings (SSSR count). The molecule has 0 aromatic heterocycles. The third-order valence-electron chi connectivity index (χ3n) is 3.48. The van der Waals surface area contributed by atoms with Crippen LogP contribution in [0.1, 0.15) is 46.0 Å². The second-order valence-corrected chi connectivity index (χ2v) is 4.89. The highest BCUT2D eigenvalue weighted by atomic mass is 16.2. The summed E-state index contributed by atoms with van der Waals surface area (Å²) in [4.78, 5) is 11.4. The summed E-state index contributed by atoms with van der Waals surface area (Å²) in [6.07, 6.45) is 5.83. The first kappa shape index (κ1) is 12.5. The van der Waals surface area contributed by atoms with E-state index in [1.54, 1.807) is 0 Å². The van der Waals surface area contributed by atoms with Crippen LogP contribution < -0.4 is 11.1 Å². The van der Waals surface area contributed by atoms with Gasteiger partial charge in [-0.15, -0.1) is 0 Å². The van der Waals surface area contributed by atoms with E-state index >= 15 is 0 Å². The van der Waals surface area contributed by atoms with Crippen molar-refractivity contribution in [2.24, 2.45) is 17.6 Å². The lowest BCUT2D eigenvalue weighted by atomic mass is 9.83. The van der Waals surface area contributed by atoms with Gasteiger partial charge in [0.1, 0.15) is 0 Å². The van der Waals surface area contributed by atoms with Gasteiger partial charge < -0.3 is 11.1 Å². The molecule has 0 bridgehead atoms. The van der Waals surface area contributed by atoms with Crippen LogP contribution in [0.2, 0.25) is 0 Å². The van der Waals surface area contributed by atoms with Gasteiger partial charge in [0.05, 0.1) is 6.04 Å². The number of nitrogens with one attached hydrogen (secondary N) is 1. The average molecular weight is 212 g/mol. The standard InChI is InChI=1S/C12H24N2O/c1-3-11(13)12(15)14-8-10-6-4-9(2)5-7-10/h9-11H,3-8,13H2,1-2H3,(H,14,15)/t9?,10?,11-/m1/s1. The van der Waals surface area contributed by atoms with E-state index in [4.69, 9.17) is 5.73 Å². The molecule has 3 heteroatoms. The van der Waals surface area contributed by atoms with Gasteiger partial charge >= 0.3 is 0 Å². The maximum atomic E-state index is 11.4. The molecular weight excluding hydrogens is 188 g/mol. The zero-order chi connectivity index (χ0) is 11.3. The van der Waals surface area contributed by atoms with Crippen LogP contribution in [0.25, 0.3) is 0 Å². The molecule has 1 fully saturated rings. The Kier molecular flexibility index (Phi) is 5.09. The van der Waals surface area contributed by atoms with Gasteiger partial charge in [-0.25, -0.2) is 0 Å². The smallest absolute Gasteiger partial charge is 0.236 e. The summed E-state index contributed by atoms with van der Waals surface area (Å²) in [6, 6.07) is -0.326. The van der Waals surface area contributed by atoms with Gasteiger partial charge in [0.15, 0.2) is 0 Å². The van der Waals surface area contributed by atoms with E-state index < -0.39 is 0 Å². The Balaban J connectivity index is 2.17. The minimum atomic E-state index is -0.326. The molecule has 0 spiro atoms. The predicted octanol–water partition coefficient (Wildman–Crippen LogP) is 1.67. The minimum Gasteiger partial charge on any atom is -0.354 e. The van der Waals surface area contributed by atoms with Crippen LogP contribution in [0.5, 0.6) is 0 Å². The molecule has 0 saturated heterocycles. The second-order valence-electron chi connectivity index (χ2n) is 4.89. The fraction of sp³-hybridized carbons (Fsp3) is 0.917. The number of amides is 1. The number of rotatable bonds is 4. The summed E-state index contributed by atoms with van der Waals surface area (Å²) in [5.41, 5.74) is 5.64. The number of hydrogen-bond acceptors (Lipinski definition) is 2. The number of carbonyl (C=O) groups is 1. The van der Waals surface area contributed by atoms with Crippen LogP contribution in [-0.4, -0.2) is 18.5 Å². The molecule has 3 nitrogen and oxygen atoms in total. The second kappa shape index (κ2) is 6.11. The predicted molar refractivity (Wildman–Crippen MR) is 62.4 cm³/mol. The Bertz CT molecular complexity index is 198. The monoisotopic (exact) mass is 212 g/mol. The van der Waals surface area contributed by atoms with Crippen LogP contribution in [0.15, 0.2) is 0 Å². The third kappa shape index (κ3) is 4.20. The van der Waals surface area contributed by atoms with E-state index in [0.717, 1.165) is 12.5 Å². The first-order chi connectivity index (χ1) is 7.13. The van der Waals surface area contributed by atoms with Gasteiger partial charge in [-0.05, 0) is 31.1 Å². The summed E-state index contributed by atoms with van der Waals surface area (Å²) in [7, 11) is 0.